The van der Waals surface area contributed by atoms with E-state index >= 15 is 0 Å². The third kappa shape index (κ3) is 3.38. The van der Waals surface area contributed by atoms with E-state index in [0.717, 1.165) is 25.7 Å². The average molecular weight is 301 g/mol. The molecule has 0 saturated heterocycles. The summed E-state index contributed by atoms with van der Waals surface area (Å²) in [6, 6.07) is 2.15. The van der Waals surface area contributed by atoms with Crippen LogP contribution in [-0.4, -0.2) is 19.9 Å². The lowest BCUT2D eigenvalue weighted by molar-refractivity contribution is 0.311. The number of nitrogens with two attached hydrogens (primary N) is 1. The molecule has 0 bridgehead atoms. The van der Waals surface area contributed by atoms with Gasteiger partial charge in [-0.25, -0.2) is 8.42 Å². The van der Waals surface area contributed by atoms with Crippen molar-refractivity contribution in [1.29, 1.82) is 0 Å². The maximum absolute atomic E-state index is 11.7. The number of rotatable bonds is 3. The van der Waals surface area contributed by atoms with E-state index in [4.69, 9.17) is 5.73 Å². The average Bonchev–Trinajstić information content (AvgIpc) is 2.68. The Kier molecular flexibility index (Phi) is 4.38. The molecule has 0 amide bonds. The summed E-state index contributed by atoms with van der Waals surface area (Å²) in [5.41, 5.74) is 7.66. The minimum atomic E-state index is -2.93. The highest BCUT2D eigenvalue weighted by Gasteiger charge is 2.32. The van der Waals surface area contributed by atoms with Crippen LogP contribution in [0, 0.1) is 19.8 Å². The van der Waals surface area contributed by atoms with Crippen LogP contribution < -0.4 is 5.73 Å². The van der Waals surface area contributed by atoms with Gasteiger partial charge in [-0.1, -0.05) is 6.42 Å². The molecule has 1 aromatic heterocycles. The molecule has 0 radical (unpaired) electrons. The van der Waals surface area contributed by atoms with Crippen LogP contribution in [0.2, 0.25) is 0 Å². The number of aryl methyl sites for hydroxylation is 2. The Hall–Kier alpha value is -0.390. The fraction of sp³-hybridized carbons (Fsp3) is 0.714. The van der Waals surface area contributed by atoms with E-state index in [2.05, 4.69) is 19.9 Å². The Bertz CT molecular complexity index is 528. The zero-order valence-corrected chi connectivity index (χ0v) is 13.5. The monoisotopic (exact) mass is 301 g/mol. The second-order valence-corrected chi connectivity index (χ2v) is 9.41. The lowest BCUT2D eigenvalue weighted by Crippen LogP contribution is -2.32. The molecule has 2 N–H and O–H groups in total. The molecule has 1 aliphatic rings. The van der Waals surface area contributed by atoms with Gasteiger partial charge in [0.2, 0.25) is 0 Å². The Balaban J connectivity index is 2.13. The number of sulfone groups is 1. The highest BCUT2D eigenvalue weighted by atomic mass is 32.2. The normalized spacial score (nSPS) is 26.3. The molecule has 1 heterocycles. The van der Waals surface area contributed by atoms with Crippen LogP contribution in [-0.2, 0) is 9.84 Å². The molecule has 5 heteroatoms. The molecule has 3 atom stereocenters. The third-order valence-electron chi connectivity index (χ3n) is 4.29. The summed E-state index contributed by atoms with van der Waals surface area (Å²) in [7, 11) is -2.93. The maximum Gasteiger partial charge on any atom is 0.150 e. The maximum atomic E-state index is 11.7. The molecule has 0 aliphatic heterocycles. The van der Waals surface area contributed by atoms with Crippen molar-refractivity contribution in [3.63, 3.8) is 0 Å². The fourth-order valence-electron chi connectivity index (χ4n) is 2.89. The van der Waals surface area contributed by atoms with Crippen molar-refractivity contribution in [1.82, 2.24) is 0 Å². The minimum absolute atomic E-state index is 0.0121. The summed E-state index contributed by atoms with van der Waals surface area (Å²) < 4.78 is 23.4. The van der Waals surface area contributed by atoms with Gasteiger partial charge < -0.3 is 5.73 Å². The summed E-state index contributed by atoms with van der Waals surface area (Å²) in [6.45, 7) is 4.21. The molecule has 108 valence electrons. The minimum Gasteiger partial charge on any atom is -0.323 e. The standard InChI is InChI=1S/C14H23NO2S2/c1-9-7-13(18-10(9)2)14(15)11-5-4-6-12(8-11)19(3,16)17/h7,11-12,14H,4-6,8,15H2,1-3H3. The Labute approximate surface area is 120 Å². The summed E-state index contributed by atoms with van der Waals surface area (Å²) in [5.74, 6) is 0.297. The molecule has 1 aromatic rings. The van der Waals surface area contributed by atoms with Crippen molar-refractivity contribution in [2.75, 3.05) is 6.26 Å². The zero-order valence-electron chi connectivity index (χ0n) is 11.8. The first-order chi connectivity index (χ1) is 8.79. The molecule has 2 rings (SSSR count). The van der Waals surface area contributed by atoms with E-state index in [1.165, 1.54) is 21.6 Å². The largest absolute Gasteiger partial charge is 0.323 e. The SMILES string of the molecule is Cc1cc(C(N)C2CCCC(S(C)(=O)=O)C2)sc1C. The highest BCUT2D eigenvalue weighted by Crippen LogP contribution is 2.38. The van der Waals surface area contributed by atoms with Crippen LogP contribution in [0.25, 0.3) is 0 Å². The van der Waals surface area contributed by atoms with Crippen molar-refractivity contribution in [3.05, 3.63) is 21.4 Å². The van der Waals surface area contributed by atoms with Gasteiger partial charge in [-0.3, -0.25) is 0 Å². The van der Waals surface area contributed by atoms with Gasteiger partial charge in [0, 0.05) is 22.1 Å². The second kappa shape index (κ2) is 5.54. The first-order valence-corrected chi connectivity index (χ1v) is 9.57. The van der Waals surface area contributed by atoms with Gasteiger partial charge in [0.25, 0.3) is 0 Å². The van der Waals surface area contributed by atoms with Crippen LogP contribution in [0.4, 0.5) is 0 Å². The van der Waals surface area contributed by atoms with E-state index in [9.17, 15) is 8.42 Å². The quantitative estimate of drug-likeness (QED) is 0.933. The van der Waals surface area contributed by atoms with Crippen LogP contribution in [0.5, 0.6) is 0 Å². The van der Waals surface area contributed by atoms with Crippen LogP contribution in [0.15, 0.2) is 6.07 Å². The van der Waals surface area contributed by atoms with Crippen LogP contribution in [0.1, 0.15) is 47.0 Å². The smallest absolute Gasteiger partial charge is 0.150 e. The molecule has 1 saturated carbocycles. The molecule has 19 heavy (non-hydrogen) atoms. The van der Waals surface area contributed by atoms with Crippen LogP contribution >= 0.6 is 11.3 Å². The van der Waals surface area contributed by atoms with Crippen LogP contribution in [0.3, 0.4) is 0 Å². The predicted octanol–water partition coefficient (Wildman–Crippen LogP) is 2.97. The predicted molar refractivity (Wildman–Crippen MR) is 81.3 cm³/mol. The van der Waals surface area contributed by atoms with Gasteiger partial charge >= 0.3 is 0 Å². The summed E-state index contributed by atoms with van der Waals surface area (Å²) in [4.78, 5) is 2.51. The third-order valence-corrected chi connectivity index (χ3v) is 7.19. The van der Waals surface area contributed by atoms with Crippen molar-refractivity contribution in [2.45, 2.75) is 50.8 Å². The van der Waals surface area contributed by atoms with E-state index < -0.39 is 9.84 Å². The van der Waals surface area contributed by atoms with E-state index in [1.54, 1.807) is 11.3 Å². The summed E-state index contributed by atoms with van der Waals surface area (Å²) in [6.07, 6.45) is 4.88. The second-order valence-electron chi connectivity index (χ2n) is 5.79. The van der Waals surface area contributed by atoms with Gasteiger partial charge in [0.1, 0.15) is 9.84 Å². The summed E-state index contributed by atoms with van der Waals surface area (Å²) in [5, 5.41) is -0.195. The molecular formula is C14H23NO2S2. The lowest BCUT2D eigenvalue weighted by atomic mass is 9.83. The molecule has 1 aliphatic carbocycles. The molecule has 0 aromatic carbocycles. The van der Waals surface area contributed by atoms with Crippen molar-refractivity contribution in [3.8, 4) is 0 Å². The number of thiophene rings is 1. The number of hydrogen-bond donors (Lipinski definition) is 1. The Morgan fingerprint density at radius 1 is 1.37 bits per heavy atom. The van der Waals surface area contributed by atoms with Gasteiger partial charge in [-0.2, -0.15) is 0 Å². The molecule has 3 unspecified atom stereocenters. The Morgan fingerprint density at radius 3 is 2.58 bits per heavy atom. The molecule has 0 spiro atoms. The highest BCUT2D eigenvalue weighted by molar-refractivity contribution is 7.91. The van der Waals surface area contributed by atoms with Gasteiger partial charge in [0.05, 0.1) is 5.25 Å². The molecule has 1 fully saturated rings. The van der Waals surface area contributed by atoms with Gasteiger partial charge in [-0.05, 0) is 50.7 Å². The van der Waals surface area contributed by atoms with Crippen molar-refractivity contribution < 1.29 is 8.42 Å². The van der Waals surface area contributed by atoms with Gasteiger partial charge in [0.15, 0.2) is 0 Å². The zero-order chi connectivity index (χ0) is 14.2. The number of hydrogen-bond acceptors (Lipinski definition) is 4. The van der Waals surface area contributed by atoms with E-state index in [1.807, 2.05) is 0 Å². The first kappa shape index (κ1) is 15.0. The molecular weight excluding hydrogens is 278 g/mol. The lowest BCUT2D eigenvalue weighted by Gasteiger charge is -2.31. The topological polar surface area (TPSA) is 60.2 Å². The van der Waals surface area contributed by atoms with Gasteiger partial charge in [-0.15, -0.1) is 11.3 Å². The van der Waals surface area contributed by atoms with E-state index in [0.29, 0.717) is 5.92 Å². The van der Waals surface area contributed by atoms with E-state index in [-0.39, 0.29) is 11.3 Å². The fourth-order valence-corrected chi connectivity index (χ4v) is 5.22. The van der Waals surface area contributed by atoms with Crippen molar-refractivity contribution >= 4 is 21.2 Å². The molecule has 3 nitrogen and oxygen atoms in total. The van der Waals surface area contributed by atoms with Crippen molar-refractivity contribution in [2.24, 2.45) is 11.7 Å². The Morgan fingerprint density at radius 2 is 2.05 bits per heavy atom. The first-order valence-electron chi connectivity index (χ1n) is 6.80. The summed E-state index contributed by atoms with van der Waals surface area (Å²) >= 11 is 1.75.